The summed E-state index contributed by atoms with van der Waals surface area (Å²) < 4.78 is 0. The van der Waals surface area contributed by atoms with E-state index < -0.39 is 12.1 Å². The molecule has 2 rings (SSSR count). The van der Waals surface area contributed by atoms with Crippen LogP contribution in [-0.2, 0) is 4.79 Å². The van der Waals surface area contributed by atoms with E-state index in [1.54, 1.807) is 11.9 Å². The Bertz CT molecular complexity index is 466. The van der Waals surface area contributed by atoms with E-state index in [0.29, 0.717) is 18.9 Å². The smallest absolute Gasteiger partial charge is 0.317 e. The minimum Gasteiger partial charge on any atom is -0.480 e. The van der Waals surface area contributed by atoms with Crippen molar-refractivity contribution in [1.82, 2.24) is 4.90 Å². The molecule has 0 aliphatic heterocycles. The first-order valence-electron chi connectivity index (χ1n) is 8.24. The van der Waals surface area contributed by atoms with Gasteiger partial charge in [-0.1, -0.05) is 43.5 Å². The molecule has 0 amide bonds. The predicted octanol–water partition coefficient (Wildman–Crippen LogP) is 3.17. The molecular weight excluding hydrogens is 278 g/mol. The number of aliphatic carboxylic acids is 1. The zero-order valence-electron chi connectivity index (χ0n) is 13.4. The predicted molar refractivity (Wildman–Crippen MR) is 87.0 cm³/mol. The lowest BCUT2D eigenvalue weighted by Crippen LogP contribution is -2.27. The van der Waals surface area contributed by atoms with E-state index in [-0.39, 0.29) is 6.54 Å². The number of hydrogen-bond acceptors (Lipinski definition) is 3. The Hall–Kier alpha value is -1.39. The summed E-state index contributed by atoms with van der Waals surface area (Å²) in [5, 5.41) is 18.9. The van der Waals surface area contributed by atoms with Crippen LogP contribution in [0.4, 0.5) is 0 Å². The van der Waals surface area contributed by atoms with Crippen molar-refractivity contribution in [2.24, 2.45) is 0 Å². The van der Waals surface area contributed by atoms with Crippen molar-refractivity contribution in [2.75, 3.05) is 20.1 Å². The minimum atomic E-state index is -0.839. The fourth-order valence-electron chi connectivity index (χ4n) is 3.25. The van der Waals surface area contributed by atoms with Crippen LogP contribution in [-0.4, -0.2) is 41.2 Å². The maximum Gasteiger partial charge on any atom is 0.317 e. The van der Waals surface area contributed by atoms with Gasteiger partial charge in [0.15, 0.2) is 0 Å². The fraction of sp³-hybridized carbons (Fsp3) is 0.611. The number of aliphatic hydroxyl groups is 1. The first-order valence-corrected chi connectivity index (χ1v) is 8.24. The monoisotopic (exact) mass is 305 g/mol. The summed E-state index contributed by atoms with van der Waals surface area (Å²) in [5.74, 6) is -0.157. The number of rotatable bonds is 7. The van der Waals surface area contributed by atoms with E-state index in [4.69, 9.17) is 5.11 Å². The van der Waals surface area contributed by atoms with Crippen LogP contribution in [0.1, 0.15) is 61.7 Å². The van der Waals surface area contributed by atoms with Crippen LogP contribution in [0, 0.1) is 0 Å². The molecule has 0 spiro atoms. The molecule has 1 aliphatic rings. The topological polar surface area (TPSA) is 60.8 Å². The second-order valence-corrected chi connectivity index (χ2v) is 6.44. The molecule has 1 aliphatic carbocycles. The van der Waals surface area contributed by atoms with Gasteiger partial charge in [0.1, 0.15) is 0 Å². The number of nitrogens with zero attached hydrogens (tertiary/aromatic N) is 1. The van der Waals surface area contributed by atoms with Crippen molar-refractivity contribution in [1.29, 1.82) is 0 Å². The van der Waals surface area contributed by atoms with Crippen molar-refractivity contribution in [3.8, 4) is 0 Å². The van der Waals surface area contributed by atoms with Crippen LogP contribution in [0.2, 0.25) is 0 Å². The molecule has 22 heavy (non-hydrogen) atoms. The Labute approximate surface area is 132 Å². The second kappa shape index (κ2) is 8.30. The van der Waals surface area contributed by atoms with E-state index in [1.165, 1.54) is 37.7 Å². The highest BCUT2D eigenvalue weighted by molar-refractivity contribution is 5.68. The van der Waals surface area contributed by atoms with Gasteiger partial charge in [0, 0.05) is 6.54 Å². The molecule has 1 fully saturated rings. The zero-order valence-corrected chi connectivity index (χ0v) is 13.4. The molecule has 0 bridgehead atoms. The second-order valence-electron chi connectivity index (χ2n) is 6.44. The molecule has 1 aromatic rings. The van der Waals surface area contributed by atoms with Gasteiger partial charge in [-0.2, -0.15) is 0 Å². The molecular formula is C18H27NO3. The molecule has 4 heteroatoms. The number of carbonyl (C=O) groups is 1. The highest BCUT2D eigenvalue weighted by Gasteiger charge is 2.16. The fourth-order valence-corrected chi connectivity index (χ4v) is 3.25. The van der Waals surface area contributed by atoms with E-state index in [0.717, 1.165) is 5.56 Å². The number of hydrogen-bond donors (Lipinski definition) is 2. The summed E-state index contributed by atoms with van der Waals surface area (Å²) in [7, 11) is 1.76. The van der Waals surface area contributed by atoms with Gasteiger partial charge in [0.2, 0.25) is 0 Å². The van der Waals surface area contributed by atoms with Crippen molar-refractivity contribution in [2.45, 2.75) is 50.5 Å². The van der Waals surface area contributed by atoms with E-state index in [2.05, 4.69) is 12.1 Å². The molecule has 4 nitrogen and oxygen atoms in total. The van der Waals surface area contributed by atoms with Crippen LogP contribution in [0.15, 0.2) is 24.3 Å². The summed E-state index contributed by atoms with van der Waals surface area (Å²) in [4.78, 5) is 12.3. The van der Waals surface area contributed by atoms with E-state index >= 15 is 0 Å². The molecule has 0 aromatic heterocycles. The lowest BCUT2D eigenvalue weighted by atomic mass is 9.84. The van der Waals surface area contributed by atoms with E-state index in [9.17, 15) is 9.90 Å². The Balaban J connectivity index is 1.85. The third-order valence-electron chi connectivity index (χ3n) is 4.59. The maximum atomic E-state index is 10.6. The summed E-state index contributed by atoms with van der Waals surface area (Å²) in [6.07, 6.45) is 6.58. The average molecular weight is 305 g/mol. The third kappa shape index (κ3) is 5.11. The van der Waals surface area contributed by atoms with Gasteiger partial charge in [-0.25, -0.2) is 0 Å². The highest BCUT2D eigenvalue weighted by atomic mass is 16.4. The van der Waals surface area contributed by atoms with Gasteiger partial charge < -0.3 is 10.2 Å². The van der Waals surface area contributed by atoms with E-state index in [1.807, 2.05) is 12.1 Å². The molecule has 1 unspecified atom stereocenters. The summed E-state index contributed by atoms with van der Waals surface area (Å²) in [6.45, 7) is 0.575. The van der Waals surface area contributed by atoms with Crippen LogP contribution in [0.25, 0.3) is 0 Å². The van der Waals surface area contributed by atoms with Gasteiger partial charge in [0.25, 0.3) is 0 Å². The Kier molecular flexibility index (Phi) is 6.40. The summed E-state index contributed by atoms with van der Waals surface area (Å²) >= 11 is 0. The molecule has 0 saturated heterocycles. The number of carboxylic acids is 1. The van der Waals surface area contributed by atoms with Crippen molar-refractivity contribution < 1.29 is 15.0 Å². The van der Waals surface area contributed by atoms with Crippen LogP contribution < -0.4 is 0 Å². The standard InChI is InChI=1S/C18H27NO3/c1-19(13-18(21)22)12-11-17(20)16-9-7-15(8-10-16)14-5-3-2-4-6-14/h7-10,14,17,20H,2-6,11-13H2,1H3,(H,21,22). The molecule has 2 N–H and O–H groups in total. The average Bonchev–Trinajstić information content (AvgIpc) is 2.53. The van der Waals surface area contributed by atoms with Crippen molar-refractivity contribution >= 4 is 5.97 Å². The van der Waals surface area contributed by atoms with Gasteiger partial charge in [0.05, 0.1) is 12.6 Å². The highest BCUT2D eigenvalue weighted by Crippen LogP contribution is 2.33. The molecule has 122 valence electrons. The van der Waals surface area contributed by atoms with Gasteiger partial charge >= 0.3 is 5.97 Å². The maximum absolute atomic E-state index is 10.6. The molecule has 1 saturated carbocycles. The Morgan fingerprint density at radius 3 is 2.45 bits per heavy atom. The van der Waals surface area contributed by atoms with Gasteiger partial charge in [-0.3, -0.25) is 9.69 Å². The number of aliphatic hydroxyl groups excluding tert-OH is 1. The normalized spacial score (nSPS) is 17.6. The summed E-state index contributed by atoms with van der Waals surface area (Å²) in [6, 6.07) is 8.34. The minimum absolute atomic E-state index is 0.00728. The molecule has 1 atom stereocenters. The first-order chi connectivity index (χ1) is 10.6. The lowest BCUT2D eigenvalue weighted by Gasteiger charge is -2.22. The first kappa shape index (κ1) is 17.0. The van der Waals surface area contributed by atoms with Gasteiger partial charge in [-0.05, 0) is 43.4 Å². The molecule has 0 heterocycles. The Morgan fingerprint density at radius 2 is 1.86 bits per heavy atom. The largest absolute Gasteiger partial charge is 0.480 e. The number of benzene rings is 1. The lowest BCUT2D eigenvalue weighted by molar-refractivity contribution is -0.138. The zero-order chi connectivity index (χ0) is 15.9. The molecule has 0 radical (unpaired) electrons. The SMILES string of the molecule is CN(CCC(O)c1ccc(C2CCCCC2)cc1)CC(=O)O. The third-order valence-corrected chi connectivity index (χ3v) is 4.59. The quantitative estimate of drug-likeness (QED) is 0.812. The number of carboxylic acid groups (broad SMARTS) is 1. The van der Waals surface area contributed by atoms with Crippen molar-refractivity contribution in [3.05, 3.63) is 35.4 Å². The van der Waals surface area contributed by atoms with Crippen LogP contribution in [0.3, 0.4) is 0 Å². The van der Waals surface area contributed by atoms with Crippen molar-refractivity contribution in [3.63, 3.8) is 0 Å². The molecule has 1 aromatic carbocycles. The summed E-state index contributed by atoms with van der Waals surface area (Å²) in [5.41, 5.74) is 2.31. The van der Waals surface area contributed by atoms with Crippen LogP contribution in [0.5, 0.6) is 0 Å². The number of likely N-dealkylation sites (N-methyl/N-ethyl adjacent to an activating group) is 1. The Morgan fingerprint density at radius 1 is 1.23 bits per heavy atom. The van der Waals surface area contributed by atoms with Gasteiger partial charge in [-0.15, -0.1) is 0 Å². The van der Waals surface area contributed by atoms with Crippen LogP contribution >= 0.6 is 0 Å².